The lowest BCUT2D eigenvalue weighted by molar-refractivity contribution is -0.137. The summed E-state index contributed by atoms with van der Waals surface area (Å²) < 4.78 is 37.8. The van der Waals surface area contributed by atoms with Gasteiger partial charge in [-0.05, 0) is 30.5 Å². The highest BCUT2D eigenvalue weighted by Crippen LogP contribution is 2.36. The Morgan fingerprint density at radius 2 is 1.89 bits per heavy atom. The fourth-order valence-electron chi connectivity index (χ4n) is 1.60. The predicted molar refractivity (Wildman–Crippen MR) is 66.5 cm³/mol. The summed E-state index contributed by atoms with van der Waals surface area (Å²) in [5.74, 6) is 0. The normalized spacial score (nSPS) is 11.6. The molecule has 0 aliphatic rings. The number of thioether (sulfide) groups is 1. The molecule has 2 rings (SSSR count). The Labute approximate surface area is 107 Å². The summed E-state index contributed by atoms with van der Waals surface area (Å²) in [6.45, 7) is 0. The first-order valence-corrected chi connectivity index (χ1v) is 6.41. The largest absolute Gasteiger partial charge is 0.416 e. The Hall–Kier alpha value is -1.49. The summed E-state index contributed by atoms with van der Waals surface area (Å²) in [5.41, 5.74) is 0.762. The van der Waals surface area contributed by atoms with E-state index in [1.54, 1.807) is 24.6 Å². The van der Waals surface area contributed by atoms with Crippen molar-refractivity contribution >= 4 is 11.8 Å². The molecule has 0 saturated heterocycles. The van der Waals surface area contributed by atoms with Crippen molar-refractivity contribution in [1.29, 1.82) is 0 Å². The van der Waals surface area contributed by atoms with Crippen molar-refractivity contribution in [3.8, 4) is 11.3 Å². The molecule has 0 N–H and O–H groups in total. The lowest BCUT2D eigenvalue weighted by atomic mass is 10.1. The third-order valence-corrected chi connectivity index (χ3v) is 3.25. The lowest BCUT2D eigenvalue weighted by Gasteiger charge is -2.11. The number of alkyl halides is 3. The minimum absolute atomic E-state index is 0.573. The topological polar surface area (TPSA) is 12.9 Å². The molecule has 18 heavy (non-hydrogen) atoms. The fourth-order valence-corrected chi connectivity index (χ4v) is 2.24. The second-order valence-corrected chi connectivity index (χ2v) is 4.48. The third-order valence-electron chi connectivity index (χ3n) is 2.47. The quantitative estimate of drug-likeness (QED) is 0.745. The van der Waals surface area contributed by atoms with Gasteiger partial charge in [-0.3, -0.25) is 4.98 Å². The van der Waals surface area contributed by atoms with Crippen molar-refractivity contribution in [1.82, 2.24) is 4.98 Å². The maximum absolute atomic E-state index is 12.6. The molecule has 5 heteroatoms. The summed E-state index contributed by atoms with van der Waals surface area (Å²) in [5, 5.41) is 0. The van der Waals surface area contributed by atoms with Crippen molar-refractivity contribution in [3.05, 3.63) is 48.2 Å². The first-order valence-electron chi connectivity index (χ1n) is 5.19. The minimum Gasteiger partial charge on any atom is -0.256 e. The molecule has 0 fully saturated rings. The van der Waals surface area contributed by atoms with E-state index in [2.05, 4.69) is 4.98 Å². The van der Waals surface area contributed by atoms with Gasteiger partial charge in [-0.1, -0.05) is 12.1 Å². The van der Waals surface area contributed by atoms with Gasteiger partial charge in [0.1, 0.15) is 0 Å². The Morgan fingerprint density at radius 3 is 2.44 bits per heavy atom. The summed E-state index contributed by atoms with van der Waals surface area (Å²) in [4.78, 5) is 4.73. The molecule has 1 aromatic carbocycles. The van der Waals surface area contributed by atoms with E-state index in [0.717, 1.165) is 17.7 Å². The Kier molecular flexibility index (Phi) is 3.61. The molecule has 1 aromatic heterocycles. The maximum Gasteiger partial charge on any atom is 0.416 e. The number of benzene rings is 1. The van der Waals surface area contributed by atoms with Crippen LogP contribution in [0.25, 0.3) is 11.3 Å². The summed E-state index contributed by atoms with van der Waals surface area (Å²) >= 11 is 1.28. The van der Waals surface area contributed by atoms with Crippen molar-refractivity contribution in [3.63, 3.8) is 0 Å². The van der Waals surface area contributed by atoms with Gasteiger partial charge in [0, 0.05) is 16.7 Å². The van der Waals surface area contributed by atoms with E-state index in [4.69, 9.17) is 0 Å². The standard InChI is InChI=1S/C13H10F3NS/c1-18-12-8-9(13(14,15)16)5-6-10(12)11-4-2-3-7-17-11/h2-8H,1H3. The summed E-state index contributed by atoms with van der Waals surface area (Å²) in [6, 6.07) is 9.08. The number of rotatable bonds is 2. The molecular formula is C13H10F3NS. The summed E-state index contributed by atoms with van der Waals surface area (Å²) in [7, 11) is 0. The van der Waals surface area contributed by atoms with Crippen LogP contribution in [0.4, 0.5) is 13.2 Å². The van der Waals surface area contributed by atoms with Crippen LogP contribution in [0.2, 0.25) is 0 Å². The van der Waals surface area contributed by atoms with Crippen molar-refractivity contribution < 1.29 is 13.2 Å². The maximum atomic E-state index is 12.6. The lowest BCUT2D eigenvalue weighted by Crippen LogP contribution is -2.05. The van der Waals surface area contributed by atoms with Crippen LogP contribution in [-0.2, 0) is 6.18 Å². The third kappa shape index (κ3) is 2.67. The van der Waals surface area contributed by atoms with Gasteiger partial charge in [0.15, 0.2) is 0 Å². The zero-order valence-electron chi connectivity index (χ0n) is 9.53. The molecule has 0 unspecified atom stereocenters. The van der Waals surface area contributed by atoms with Crippen LogP contribution in [0.15, 0.2) is 47.5 Å². The van der Waals surface area contributed by atoms with E-state index in [9.17, 15) is 13.2 Å². The summed E-state index contributed by atoms with van der Waals surface area (Å²) in [6.07, 6.45) is -0.938. The Bertz CT molecular complexity index is 538. The molecule has 0 atom stereocenters. The smallest absolute Gasteiger partial charge is 0.256 e. The van der Waals surface area contributed by atoms with Gasteiger partial charge in [0.25, 0.3) is 0 Å². The van der Waals surface area contributed by atoms with Gasteiger partial charge in [-0.25, -0.2) is 0 Å². The first kappa shape index (κ1) is 13.0. The van der Waals surface area contributed by atoms with Crippen LogP contribution >= 0.6 is 11.8 Å². The average molecular weight is 269 g/mol. The van der Waals surface area contributed by atoms with Gasteiger partial charge >= 0.3 is 6.18 Å². The predicted octanol–water partition coefficient (Wildman–Crippen LogP) is 4.49. The zero-order valence-corrected chi connectivity index (χ0v) is 10.3. The molecule has 0 aliphatic carbocycles. The highest BCUT2D eigenvalue weighted by Gasteiger charge is 2.31. The molecule has 1 nitrogen and oxygen atoms in total. The fraction of sp³-hybridized carbons (Fsp3) is 0.154. The molecule has 0 bridgehead atoms. The number of halogens is 3. The van der Waals surface area contributed by atoms with Gasteiger partial charge < -0.3 is 0 Å². The molecule has 0 saturated carbocycles. The van der Waals surface area contributed by atoms with Gasteiger partial charge in [0.05, 0.1) is 11.3 Å². The van der Waals surface area contributed by atoms with Crippen LogP contribution in [0.5, 0.6) is 0 Å². The SMILES string of the molecule is CSc1cc(C(F)(F)F)ccc1-c1ccccn1. The van der Waals surface area contributed by atoms with Crippen LogP contribution in [0.1, 0.15) is 5.56 Å². The molecule has 0 radical (unpaired) electrons. The van der Waals surface area contributed by atoms with Crippen LogP contribution < -0.4 is 0 Å². The molecule has 2 aromatic rings. The zero-order chi connectivity index (χ0) is 13.2. The Morgan fingerprint density at radius 1 is 1.11 bits per heavy atom. The molecule has 0 amide bonds. The van der Waals surface area contributed by atoms with Crippen molar-refractivity contribution in [2.24, 2.45) is 0 Å². The highest BCUT2D eigenvalue weighted by atomic mass is 32.2. The first-order chi connectivity index (χ1) is 8.52. The molecule has 1 heterocycles. The second-order valence-electron chi connectivity index (χ2n) is 3.63. The number of pyridine rings is 1. The molecule has 0 aliphatic heterocycles. The van der Waals surface area contributed by atoms with Crippen LogP contribution in [0.3, 0.4) is 0 Å². The van der Waals surface area contributed by atoms with E-state index >= 15 is 0 Å². The van der Waals surface area contributed by atoms with E-state index in [0.29, 0.717) is 10.6 Å². The Balaban J connectivity index is 2.51. The number of aromatic nitrogens is 1. The van der Waals surface area contributed by atoms with E-state index in [1.165, 1.54) is 17.8 Å². The number of hydrogen-bond donors (Lipinski definition) is 0. The molecule has 94 valence electrons. The van der Waals surface area contributed by atoms with Crippen molar-refractivity contribution in [2.75, 3.05) is 6.26 Å². The molecular weight excluding hydrogens is 259 g/mol. The number of hydrogen-bond acceptors (Lipinski definition) is 2. The highest BCUT2D eigenvalue weighted by molar-refractivity contribution is 7.98. The van der Waals surface area contributed by atoms with Crippen molar-refractivity contribution in [2.45, 2.75) is 11.1 Å². The van der Waals surface area contributed by atoms with Gasteiger partial charge in [-0.15, -0.1) is 11.8 Å². The molecule has 0 spiro atoms. The minimum atomic E-state index is -4.31. The van der Waals surface area contributed by atoms with E-state index < -0.39 is 11.7 Å². The number of nitrogens with zero attached hydrogens (tertiary/aromatic N) is 1. The van der Waals surface area contributed by atoms with Gasteiger partial charge in [0.2, 0.25) is 0 Å². The average Bonchev–Trinajstić information content (AvgIpc) is 2.38. The van der Waals surface area contributed by atoms with E-state index in [-0.39, 0.29) is 0 Å². The second kappa shape index (κ2) is 5.02. The van der Waals surface area contributed by atoms with E-state index in [1.807, 2.05) is 6.07 Å². The van der Waals surface area contributed by atoms with Crippen LogP contribution in [-0.4, -0.2) is 11.2 Å². The van der Waals surface area contributed by atoms with Crippen LogP contribution in [0, 0.1) is 0 Å². The monoisotopic (exact) mass is 269 g/mol. The van der Waals surface area contributed by atoms with Gasteiger partial charge in [-0.2, -0.15) is 13.2 Å².